The van der Waals surface area contributed by atoms with E-state index in [1.54, 1.807) is 24.3 Å². The van der Waals surface area contributed by atoms with Crippen LogP contribution in [0.4, 0.5) is 0 Å². The summed E-state index contributed by atoms with van der Waals surface area (Å²) in [5.74, 6) is -0.301. The Bertz CT molecular complexity index is 677. The zero-order chi connectivity index (χ0) is 15.9. The minimum absolute atomic E-state index is 0.213. The lowest BCUT2D eigenvalue weighted by atomic mass is 10.0. The second kappa shape index (κ2) is 7.39. The molecule has 2 N–H and O–H groups in total. The van der Waals surface area contributed by atoms with Crippen LogP contribution in [-0.4, -0.2) is 17.1 Å². The Kier molecular flexibility index (Phi) is 5.29. The molecule has 0 aliphatic rings. The van der Waals surface area contributed by atoms with Crippen LogP contribution in [-0.2, 0) is 0 Å². The second-order valence-corrected chi connectivity index (χ2v) is 5.19. The molecule has 0 bridgehead atoms. The number of carbonyl (C=O) groups excluding carboxylic acids is 1. The minimum Gasteiger partial charge on any atom is -0.388 e. The molecule has 4 nitrogen and oxygen atoms in total. The van der Waals surface area contributed by atoms with Crippen molar-refractivity contribution in [2.24, 2.45) is 0 Å². The van der Waals surface area contributed by atoms with Crippen LogP contribution in [0.15, 0.2) is 54.6 Å². The maximum Gasteiger partial charge on any atom is 0.252 e. The number of hydrogen-bond acceptors (Lipinski definition) is 3. The van der Waals surface area contributed by atoms with E-state index in [-0.39, 0.29) is 11.9 Å². The average molecular weight is 294 g/mol. The Hall–Kier alpha value is -2.64. The molecule has 2 unspecified atom stereocenters. The van der Waals surface area contributed by atoms with Crippen molar-refractivity contribution in [2.75, 3.05) is 0 Å². The summed E-state index contributed by atoms with van der Waals surface area (Å²) in [6.07, 6.45) is -0.229. The number of nitriles is 1. The molecule has 0 saturated carbocycles. The van der Waals surface area contributed by atoms with Gasteiger partial charge in [0, 0.05) is 6.04 Å². The van der Waals surface area contributed by atoms with Gasteiger partial charge < -0.3 is 10.4 Å². The van der Waals surface area contributed by atoms with Gasteiger partial charge in [-0.3, -0.25) is 4.79 Å². The maximum absolute atomic E-state index is 12.2. The van der Waals surface area contributed by atoms with E-state index in [2.05, 4.69) is 5.32 Å². The Balaban J connectivity index is 1.99. The second-order valence-electron chi connectivity index (χ2n) is 5.19. The number of rotatable bonds is 5. The molecule has 1 amide bonds. The summed E-state index contributed by atoms with van der Waals surface area (Å²) < 4.78 is 0. The Labute approximate surface area is 130 Å². The quantitative estimate of drug-likeness (QED) is 0.890. The van der Waals surface area contributed by atoms with E-state index in [4.69, 9.17) is 5.26 Å². The first-order valence-electron chi connectivity index (χ1n) is 7.15. The summed E-state index contributed by atoms with van der Waals surface area (Å²) in [4.78, 5) is 12.2. The summed E-state index contributed by atoms with van der Waals surface area (Å²) in [6.45, 7) is 1.83. The number of carbonyl (C=O) groups is 1. The molecule has 22 heavy (non-hydrogen) atoms. The molecule has 4 heteroatoms. The lowest BCUT2D eigenvalue weighted by Crippen LogP contribution is -2.34. The lowest BCUT2D eigenvalue weighted by Gasteiger charge is -2.18. The molecule has 0 aromatic heterocycles. The van der Waals surface area contributed by atoms with Crippen molar-refractivity contribution in [1.29, 1.82) is 5.26 Å². The molecule has 0 spiro atoms. The summed E-state index contributed by atoms with van der Waals surface area (Å²) in [5.41, 5.74) is 1.52. The first-order valence-corrected chi connectivity index (χ1v) is 7.15. The number of amides is 1. The first-order chi connectivity index (χ1) is 10.6. The largest absolute Gasteiger partial charge is 0.388 e. The molecule has 0 aliphatic carbocycles. The predicted molar refractivity (Wildman–Crippen MR) is 84.1 cm³/mol. The third-order valence-corrected chi connectivity index (χ3v) is 3.43. The molecule has 112 valence electrons. The zero-order valence-electron chi connectivity index (χ0n) is 12.4. The number of nitrogens with one attached hydrogen (secondary N) is 1. The predicted octanol–water partition coefficient (Wildman–Crippen LogP) is 2.80. The van der Waals surface area contributed by atoms with Gasteiger partial charge in [-0.15, -0.1) is 0 Å². The Morgan fingerprint density at radius 2 is 1.82 bits per heavy atom. The number of nitrogens with zero attached hydrogens (tertiary/aromatic N) is 1. The van der Waals surface area contributed by atoms with E-state index in [1.165, 1.54) is 0 Å². The molecule has 2 aromatic carbocycles. The lowest BCUT2D eigenvalue weighted by molar-refractivity contribution is 0.0916. The van der Waals surface area contributed by atoms with Crippen LogP contribution in [0.1, 0.15) is 40.9 Å². The Morgan fingerprint density at radius 3 is 2.50 bits per heavy atom. The highest BCUT2D eigenvalue weighted by Crippen LogP contribution is 2.18. The summed E-state index contributed by atoms with van der Waals surface area (Å²) >= 11 is 0. The van der Waals surface area contributed by atoms with Crippen molar-refractivity contribution < 1.29 is 9.90 Å². The van der Waals surface area contributed by atoms with E-state index in [9.17, 15) is 9.90 Å². The molecule has 0 heterocycles. The average Bonchev–Trinajstić information content (AvgIpc) is 2.55. The van der Waals surface area contributed by atoms with Crippen molar-refractivity contribution in [1.82, 2.24) is 5.32 Å². The van der Waals surface area contributed by atoms with E-state index in [0.717, 1.165) is 5.56 Å². The van der Waals surface area contributed by atoms with Gasteiger partial charge in [0.2, 0.25) is 0 Å². The SMILES string of the molecule is CC(CC(O)c1ccccc1)NC(=O)c1ccccc1C#N. The normalized spacial score (nSPS) is 13.0. The summed E-state index contributed by atoms with van der Waals surface area (Å²) in [6, 6.07) is 17.8. The van der Waals surface area contributed by atoms with Crippen molar-refractivity contribution in [3.8, 4) is 6.07 Å². The minimum atomic E-state index is -0.636. The van der Waals surface area contributed by atoms with Crippen LogP contribution < -0.4 is 5.32 Å². The van der Waals surface area contributed by atoms with E-state index in [1.807, 2.05) is 43.3 Å². The summed E-state index contributed by atoms with van der Waals surface area (Å²) in [5, 5.41) is 22.0. The van der Waals surface area contributed by atoms with Gasteiger partial charge in [0.25, 0.3) is 5.91 Å². The Morgan fingerprint density at radius 1 is 1.18 bits per heavy atom. The van der Waals surface area contributed by atoms with E-state index in [0.29, 0.717) is 17.5 Å². The topological polar surface area (TPSA) is 73.1 Å². The molecular formula is C18H18N2O2. The number of aliphatic hydroxyl groups is 1. The molecule has 0 fully saturated rings. The van der Waals surface area contributed by atoms with Crippen molar-refractivity contribution >= 4 is 5.91 Å². The third-order valence-electron chi connectivity index (χ3n) is 3.43. The highest BCUT2D eigenvalue weighted by Gasteiger charge is 2.16. The van der Waals surface area contributed by atoms with Gasteiger partial charge in [-0.1, -0.05) is 42.5 Å². The molecule has 2 atom stereocenters. The van der Waals surface area contributed by atoms with E-state index < -0.39 is 6.10 Å². The fourth-order valence-electron chi connectivity index (χ4n) is 2.29. The van der Waals surface area contributed by atoms with Crippen molar-refractivity contribution in [2.45, 2.75) is 25.5 Å². The van der Waals surface area contributed by atoms with Crippen LogP contribution in [0.5, 0.6) is 0 Å². The molecule has 0 aliphatic heterocycles. The van der Waals surface area contributed by atoms with Crippen LogP contribution in [0.2, 0.25) is 0 Å². The van der Waals surface area contributed by atoms with Crippen molar-refractivity contribution in [3.05, 3.63) is 71.3 Å². The number of aliphatic hydroxyl groups excluding tert-OH is 1. The van der Waals surface area contributed by atoms with Crippen molar-refractivity contribution in [3.63, 3.8) is 0 Å². The highest BCUT2D eigenvalue weighted by molar-refractivity contribution is 5.96. The maximum atomic E-state index is 12.2. The molecule has 2 rings (SSSR count). The van der Waals surface area contributed by atoms with Crippen LogP contribution in [0, 0.1) is 11.3 Å². The fraction of sp³-hybridized carbons (Fsp3) is 0.222. The van der Waals surface area contributed by atoms with Gasteiger partial charge in [0.15, 0.2) is 0 Å². The zero-order valence-corrected chi connectivity index (χ0v) is 12.4. The van der Waals surface area contributed by atoms with Gasteiger partial charge in [0.05, 0.1) is 23.3 Å². The van der Waals surface area contributed by atoms with Gasteiger partial charge in [-0.05, 0) is 31.0 Å². The van der Waals surface area contributed by atoms with Gasteiger partial charge >= 0.3 is 0 Å². The van der Waals surface area contributed by atoms with Crippen LogP contribution in [0.25, 0.3) is 0 Å². The van der Waals surface area contributed by atoms with Gasteiger partial charge in [-0.2, -0.15) is 5.26 Å². The van der Waals surface area contributed by atoms with E-state index >= 15 is 0 Å². The number of hydrogen-bond donors (Lipinski definition) is 2. The fourth-order valence-corrected chi connectivity index (χ4v) is 2.29. The molecule has 0 radical (unpaired) electrons. The monoisotopic (exact) mass is 294 g/mol. The smallest absolute Gasteiger partial charge is 0.252 e. The summed E-state index contributed by atoms with van der Waals surface area (Å²) in [7, 11) is 0. The van der Waals surface area contributed by atoms with Crippen LogP contribution in [0.3, 0.4) is 0 Å². The first kappa shape index (κ1) is 15.7. The van der Waals surface area contributed by atoms with Gasteiger partial charge in [0.1, 0.15) is 0 Å². The van der Waals surface area contributed by atoms with Gasteiger partial charge in [-0.25, -0.2) is 0 Å². The molecular weight excluding hydrogens is 276 g/mol. The molecule has 0 saturated heterocycles. The third kappa shape index (κ3) is 3.94. The molecule has 2 aromatic rings. The standard InChI is InChI=1S/C18H18N2O2/c1-13(11-17(21)14-7-3-2-4-8-14)20-18(22)16-10-6-5-9-15(16)12-19/h2-10,13,17,21H,11H2,1H3,(H,20,22). The number of benzene rings is 2. The van der Waals surface area contributed by atoms with Crippen LogP contribution >= 0.6 is 0 Å². The highest BCUT2D eigenvalue weighted by atomic mass is 16.3.